The van der Waals surface area contributed by atoms with Crippen LogP contribution in [0.3, 0.4) is 0 Å². The lowest BCUT2D eigenvalue weighted by molar-refractivity contribution is -0.144. The fourth-order valence-electron chi connectivity index (χ4n) is 10.7. The average Bonchev–Trinajstić information content (AvgIpc) is 3.46. The van der Waals surface area contributed by atoms with Gasteiger partial charge in [0.25, 0.3) is 0 Å². The molecule has 1 spiro atoms. The van der Waals surface area contributed by atoms with E-state index in [0.29, 0.717) is 48.1 Å². The Balaban J connectivity index is 1.02. The van der Waals surface area contributed by atoms with E-state index in [0.717, 1.165) is 75.3 Å². The second-order valence-corrected chi connectivity index (χ2v) is 17.8. The summed E-state index contributed by atoms with van der Waals surface area (Å²) in [4.78, 5) is 29.0. The van der Waals surface area contributed by atoms with Crippen LogP contribution in [0, 0.1) is 17.8 Å². The molecule has 4 aromatic rings. The molecule has 2 N–H and O–H groups in total. The summed E-state index contributed by atoms with van der Waals surface area (Å²) < 4.78 is 6.64. The smallest absolute Gasteiger partial charge is 0.329 e. The maximum Gasteiger partial charge on any atom is 0.329 e. The molecule has 1 aliphatic heterocycles. The predicted molar refractivity (Wildman–Crippen MR) is 218 cm³/mol. The number of carboxylic acid groups (broad SMARTS) is 1. The summed E-state index contributed by atoms with van der Waals surface area (Å²) in [6, 6.07) is 18.8. The largest absolute Gasteiger partial charge is 0.493 e. The van der Waals surface area contributed by atoms with Crippen molar-refractivity contribution < 1.29 is 14.6 Å². The van der Waals surface area contributed by atoms with Gasteiger partial charge in [0, 0.05) is 53.1 Å². The molecule has 1 saturated carbocycles. The van der Waals surface area contributed by atoms with Crippen LogP contribution >= 0.6 is 11.6 Å². The van der Waals surface area contributed by atoms with Crippen LogP contribution in [0.5, 0.6) is 5.75 Å². The standard InChI is InChI=1S/C46H56ClN5O3/c1-31(29-55-42-14-20-49-41-10-3-6-32(2)43(41)42)22-36-25-35-12-11-34(28-52-21-5-7-33(27-52)23-38-13-19-48-30-50-38)24-40(35)45(36)15-17-46(18-16-45,44(53)54)51-39-9-4-8-37(47)26-39/h4,8-9,11-14,19-20,24,26,30-33,36,51H,3,5-7,10,15-18,21-23,25,27-29H2,1-2H3,(H,53,54)/t31-,32-,33?,36?,45?,46?/m1/s1. The molecule has 1 saturated heterocycles. The lowest BCUT2D eigenvalue weighted by atomic mass is 9.59. The zero-order valence-corrected chi connectivity index (χ0v) is 33.2. The Morgan fingerprint density at radius 2 is 1.93 bits per heavy atom. The Kier molecular flexibility index (Phi) is 11.2. The van der Waals surface area contributed by atoms with Gasteiger partial charge in [0.15, 0.2) is 0 Å². The molecule has 8 nitrogen and oxygen atoms in total. The summed E-state index contributed by atoms with van der Waals surface area (Å²) in [5, 5.41) is 14.8. The van der Waals surface area contributed by atoms with Crippen molar-refractivity contribution in [2.24, 2.45) is 17.8 Å². The first-order chi connectivity index (χ1) is 26.7. The summed E-state index contributed by atoms with van der Waals surface area (Å²) in [7, 11) is 0. The second kappa shape index (κ2) is 16.2. The highest BCUT2D eigenvalue weighted by Gasteiger charge is 2.54. The van der Waals surface area contributed by atoms with Crippen molar-refractivity contribution in [3.8, 4) is 5.75 Å². The van der Waals surface area contributed by atoms with Crippen molar-refractivity contribution in [3.05, 3.63) is 112 Å². The van der Waals surface area contributed by atoms with E-state index >= 15 is 0 Å². The molecule has 0 bridgehead atoms. The molecule has 0 amide bonds. The Hall–Kier alpha value is -4.01. The SMILES string of the molecule is C[C@@H](COc1ccnc2c1[C@H](C)CCC2)CC1Cc2ccc(CN3CCCC(Cc4ccncn4)C3)cc2C12CCC(Nc1cccc(Cl)c1)(C(=O)O)CC2. The van der Waals surface area contributed by atoms with E-state index in [9.17, 15) is 9.90 Å². The third-order valence-corrected chi connectivity index (χ3v) is 13.7. The number of fused-ring (bicyclic) bond motifs is 3. The van der Waals surface area contributed by atoms with Gasteiger partial charge in [0.1, 0.15) is 17.6 Å². The number of piperidine rings is 1. The van der Waals surface area contributed by atoms with E-state index < -0.39 is 11.5 Å². The molecule has 2 fully saturated rings. The molecule has 3 heterocycles. The maximum atomic E-state index is 13.1. The van der Waals surface area contributed by atoms with Crippen molar-refractivity contribution in [2.45, 2.75) is 114 Å². The van der Waals surface area contributed by atoms with Crippen molar-refractivity contribution in [1.82, 2.24) is 19.9 Å². The molecule has 4 aliphatic rings. The predicted octanol–water partition coefficient (Wildman–Crippen LogP) is 9.44. The van der Waals surface area contributed by atoms with Crippen LogP contribution in [0.2, 0.25) is 5.02 Å². The fourth-order valence-corrected chi connectivity index (χ4v) is 10.9. The molecule has 0 radical (unpaired) electrons. The molecule has 2 unspecified atom stereocenters. The number of nitrogens with one attached hydrogen (secondary N) is 1. The third-order valence-electron chi connectivity index (χ3n) is 13.5. The van der Waals surface area contributed by atoms with Gasteiger partial charge in [0.2, 0.25) is 0 Å². The van der Waals surface area contributed by atoms with Crippen molar-refractivity contribution >= 4 is 23.3 Å². The van der Waals surface area contributed by atoms with Crippen LogP contribution in [0.15, 0.2) is 73.3 Å². The number of rotatable bonds is 12. The van der Waals surface area contributed by atoms with Crippen LogP contribution in [-0.2, 0) is 36.0 Å². The number of anilines is 1. The Labute approximate surface area is 331 Å². The number of aryl methyl sites for hydroxylation is 1. The number of ether oxygens (including phenoxy) is 1. The zero-order valence-electron chi connectivity index (χ0n) is 32.5. The molecule has 2 aromatic carbocycles. The van der Waals surface area contributed by atoms with Crippen molar-refractivity contribution in [3.63, 3.8) is 0 Å². The van der Waals surface area contributed by atoms with Gasteiger partial charge in [-0.1, -0.05) is 49.7 Å². The van der Waals surface area contributed by atoms with E-state index in [1.165, 1.54) is 53.6 Å². The summed E-state index contributed by atoms with van der Waals surface area (Å²) >= 11 is 6.34. The number of halogens is 1. The van der Waals surface area contributed by atoms with Crippen LogP contribution < -0.4 is 10.1 Å². The Morgan fingerprint density at radius 3 is 2.73 bits per heavy atom. The monoisotopic (exact) mass is 761 g/mol. The van der Waals surface area contributed by atoms with Crippen LogP contribution in [0.1, 0.15) is 111 Å². The summed E-state index contributed by atoms with van der Waals surface area (Å²) in [6.07, 6.45) is 17.0. The maximum absolute atomic E-state index is 13.1. The highest BCUT2D eigenvalue weighted by molar-refractivity contribution is 6.30. The first-order valence-corrected chi connectivity index (χ1v) is 21.0. The molecule has 290 valence electrons. The number of benzene rings is 2. The number of hydrogen-bond donors (Lipinski definition) is 2. The lowest BCUT2D eigenvalue weighted by Crippen LogP contribution is -2.53. The molecule has 3 aliphatic carbocycles. The molecular weight excluding hydrogens is 706 g/mol. The molecule has 9 heteroatoms. The number of carboxylic acids is 1. The Bertz CT molecular complexity index is 1960. The number of pyridine rings is 1. The van der Waals surface area contributed by atoms with E-state index in [-0.39, 0.29) is 5.41 Å². The second-order valence-electron chi connectivity index (χ2n) is 17.3. The minimum Gasteiger partial charge on any atom is -0.493 e. The van der Waals surface area contributed by atoms with Gasteiger partial charge in [0.05, 0.1) is 6.61 Å². The minimum absolute atomic E-state index is 0.0869. The van der Waals surface area contributed by atoms with Gasteiger partial charge in [-0.05, 0) is 160 Å². The summed E-state index contributed by atoms with van der Waals surface area (Å²) in [5.41, 5.74) is 7.51. The van der Waals surface area contributed by atoms with E-state index in [1.807, 2.05) is 42.7 Å². The average molecular weight is 762 g/mol. The highest BCUT2D eigenvalue weighted by atomic mass is 35.5. The van der Waals surface area contributed by atoms with Crippen molar-refractivity contribution in [2.75, 3.05) is 25.0 Å². The van der Waals surface area contributed by atoms with Crippen LogP contribution in [0.25, 0.3) is 0 Å². The van der Waals surface area contributed by atoms with Crippen molar-refractivity contribution in [1.29, 1.82) is 0 Å². The first kappa shape index (κ1) is 37.9. The fraction of sp³-hybridized carbons (Fsp3) is 0.522. The quantitative estimate of drug-likeness (QED) is 0.147. The van der Waals surface area contributed by atoms with Gasteiger partial charge in [-0.15, -0.1) is 0 Å². The molecule has 8 rings (SSSR count). The number of nitrogens with zero attached hydrogens (tertiary/aromatic N) is 4. The van der Waals surface area contributed by atoms with Gasteiger partial charge in [-0.2, -0.15) is 0 Å². The van der Waals surface area contributed by atoms with Gasteiger partial charge in [-0.3, -0.25) is 9.88 Å². The van der Waals surface area contributed by atoms with E-state index in [4.69, 9.17) is 21.3 Å². The summed E-state index contributed by atoms with van der Waals surface area (Å²) in [6.45, 7) is 8.41. The molecule has 4 atom stereocenters. The normalized spacial score (nSPS) is 26.9. The highest BCUT2D eigenvalue weighted by Crippen LogP contribution is 2.56. The molecule has 55 heavy (non-hydrogen) atoms. The van der Waals surface area contributed by atoms with Crippen LogP contribution in [-0.4, -0.2) is 56.2 Å². The number of aromatic nitrogens is 3. The van der Waals surface area contributed by atoms with E-state index in [2.05, 4.69) is 58.3 Å². The van der Waals surface area contributed by atoms with Gasteiger partial charge in [-0.25, -0.2) is 14.8 Å². The topological polar surface area (TPSA) is 100 Å². The van der Waals surface area contributed by atoms with Crippen LogP contribution in [0.4, 0.5) is 5.69 Å². The number of carbonyl (C=O) groups is 1. The Morgan fingerprint density at radius 1 is 1.05 bits per heavy atom. The molecule has 2 aromatic heterocycles. The van der Waals surface area contributed by atoms with E-state index in [1.54, 1.807) is 6.33 Å². The number of likely N-dealkylation sites (tertiary alicyclic amines) is 1. The number of aliphatic carboxylic acids is 1. The lowest BCUT2D eigenvalue weighted by Gasteiger charge is -2.47. The molecular formula is C46H56ClN5O3. The number of hydrogen-bond acceptors (Lipinski definition) is 7. The van der Waals surface area contributed by atoms with Gasteiger partial charge >= 0.3 is 5.97 Å². The zero-order chi connectivity index (χ0) is 38.0. The van der Waals surface area contributed by atoms with Gasteiger partial charge < -0.3 is 15.2 Å². The third kappa shape index (κ3) is 8.13. The first-order valence-electron chi connectivity index (χ1n) is 20.7. The minimum atomic E-state index is -1.04. The summed E-state index contributed by atoms with van der Waals surface area (Å²) in [5.74, 6) is 2.03.